The zero-order chi connectivity index (χ0) is 16.2. The van der Waals surface area contributed by atoms with Crippen molar-refractivity contribution in [2.24, 2.45) is 0 Å². The summed E-state index contributed by atoms with van der Waals surface area (Å²) in [5.74, 6) is 0.630. The van der Waals surface area contributed by atoms with Crippen LogP contribution in [0, 0.1) is 5.82 Å². The van der Waals surface area contributed by atoms with Gasteiger partial charge in [-0.1, -0.05) is 12.1 Å². The van der Waals surface area contributed by atoms with Crippen molar-refractivity contribution in [3.8, 4) is 0 Å². The van der Waals surface area contributed by atoms with Gasteiger partial charge < -0.3 is 10.2 Å². The molecule has 1 aliphatic rings. The molecule has 0 spiro atoms. The fourth-order valence-corrected chi connectivity index (χ4v) is 3.03. The Bertz CT molecular complexity index is 644. The molecule has 0 amide bonds. The van der Waals surface area contributed by atoms with Crippen molar-refractivity contribution in [1.29, 1.82) is 0 Å². The average Bonchev–Trinajstić information content (AvgIpc) is 2.55. The average molecular weight is 314 g/mol. The summed E-state index contributed by atoms with van der Waals surface area (Å²) in [6.45, 7) is 3.34. The molecule has 2 aromatic rings. The van der Waals surface area contributed by atoms with Crippen molar-refractivity contribution >= 4 is 5.82 Å². The van der Waals surface area contributed by atoms with E-state index in [-0.39, 0.29) is 5.82 Å². The van der Waals surface area contributed by atoms with Crippen molar-refractivity contribution in [2.45, 2.75) is 38.3 Å². The molecule has 0 saturated carbocycles. The van der Waals surface area contributed by atoms with E-state index < -0.39 is 0 Å². The molecule has 1 fully saturated rings. The van der Waals surface area contributed by atoms with Crippen molar-refractivity contribution in [3.63, 3.8) is 0 Å². The number of halogens is 1. The Balaban J connectivity index is 1.71. The molecule has 1 saturated heterocycles. The Hall–Kier alpha value is -2.01. The minimum absolute atomic E-state index is 0.216. The number of benzene rings is 1. The second-order valence-corrected chi connectivity index (χ2v) is 6.35. The van der Waals surface area contributed by atoms with Crippen LogP contribution in [0.5, 0.6) is 0 Å². The number of piperidine rings is 1. The minimum Gasteiger partial charge on any atom is -0.366 e. The quantitative estimate of drug-likeness (QED) is 0.941. The van der Waals surface area contributed by atoms with Gasteiger partial charge in [0, 0.05) is 37.4 Å². The van der Waals surface area contributed by atoms with Gasteiger partial charge in [0.2, 0.25) is 0 Å². The van der Waals surface area contributed by atoms with Crippen LogP contribution in [0.25, 0.3) is 0 Å². The van der Waals surface area contributed by atoms with Crippen LogP contribution >= 0.6 is 0 Å². The summed E-state index contributed by atoms with van der Waals surface area (Å²) >= 11 is 0. The molecule has 23 heavy (non-hydrogen) atoms. The lowest BCUT2D eigenvalue weighted by Crippen LogP contribution is -2.42. The Kier molecular flexibility index (Phi) is 4.86. The molecule has 0 radical (unpaired) electrons. The second kappa shape index (κ2) is 7.04. The smallest absolute Gasteiger partial charge is 0.148 e. The van der Waals surface area contributed by atoms with Gasteiger partial charge in [-0.25, -0.2) is 9.37 Å². The topological polar surface area (TPSA) is 41.1 Å². The van der Waals surface area contributed by atoms with Gasteiger partial charge in [-0.05, 0) is 44.5 Å². The molecule has 1 aliphatic heterocycles. The molecule has 3 rings (SSSR count). The summed E-state index contributed by atoms with van der Waals surface area (Å²) in [7, 11) is 2.17. The lowest BCUT2D eigenvalue weighted by molar-refractivity contribution is 0.190. The Labute approximate surface area is 136 Å². The number of anilines is 1. The largest absolute Gasteiger partial charge is 0.366 e. The SMILES string of the molecule is C[C@@H]1C[C@@H](Nc2nccnc2Cc2ccc(F)cc2)CCN1C. The number of rotatable bonds is 4. The minimum atomic E-state index is -0.216. The lowest BCUT2D eigenvalue weighted by atomic mass is 9.99. The lowest BCUT2D eigenvalue weighted by Gasteiger charge is -2.35. The van der Waals surface area contributed by atoms with E-state index in [1.165, 1.54) is 12.1 Å². The Morgan fingerprint density at radius 1 is 1.22 bits per heavy atom. The Morgan fingerprint density at radius 2 is 1.96 bits per heavy atom. The van der Waals surface area contributed by atoms with Gasteiger partial charge in [-0.15, -0.1) is 0 Å². The van der Waals surface area contributed by atoms with Gasteiger partial charge >= 0.3 is 0 Å². The van der Waals surface area contributed by atoms with Crippen LogP contribution < -0.4 is 5.32 Å². The maximum Gasteiger partial charge on any atom is 0.148 e. The normalized spacial score (nSPS) is 22.0. The molecule has 1 N–H and O–H groups in total. The van der Waals surface area contributed by atoms with Crippen molar-refractivity contribution in [1.82, 2.24) is 14.9 Å². The third kappa shape index (κ3) is 4.05. The maximum absolute atomic E-state index is 13.0. The van der Waals surface area contributed by atoms with Crippen molar-refractivity contribution in [3.05, 3.63) is 53.7 Å². The zero-order valence-corrected chi connectivity index (χ0v) is 13.7. The van der Waals surface area contributed by atoms with E-state index in [4.69, 9.17) is 0 Å². The first kappa shape index (κ1) is 15.9. The highest BCUT2D eigenvalue weighted by atomic mass is 19.1. The molecule has 122 valence electrons. The third-order valence-corrected chi connectivity index (χ3v) is 4.61. The molecular formula is C18H23FN4. The van der Waals surface area contributed by atoms with E-state index in [0.29, 0.717) is 18.5 Å². The fourth-order valence-electron chi connectivity index (χ4n) is 3.03. The highest BCUT2D eigenvalue weighted by Gasteiger charge is 2.23. The van der Waals surface area contributed by atoms with Crippen molar-refractivity contribution < 1.29 is 4.39 Å². The van der Waals surface area contributed by atoms with Gasteiger partial charge in [0.25, 0.3) is 0 Å². The van der Waals surface area contributed by atoms with Gasteiger partial charge in [0.05, 0.1) is 5.69 Å². The maximum atomic E-state index is 13.0. The molecule has 2 atom stereocenters. The molecule has 0 aliphatic carbocycles. The first-order valence-electron chi connectivity index (χ1n) is 8.13. The summed E-state index contributed by atoms with van der Waals surface area (Å²) in [5, 5.41) is 3.56. The number of hydrogen-bond acceptors (Lipinski definition) is 4. The number of aromatic nitrogens is 2. The predicted octanol–water partition coefficient (Wildman–Crippen LogP) is 3.10. The molecule has 1 aromatic carbocycles. The van der Waals surface area contributed by atoms with Crippen LogP contribution in [0.3, 0.4) is 0 Å². The zero-order valence-electron chi connectivity index (χ0n) is 13.7. The molecule has 2 heterocycles. The number of nitrogens with zero attached hydrogens (tertiary/aromatic N) is 3. The van der Waals surface area contributed by atoms with E-state index in [0.717, 1.165) is 36.5 Å². The molecule has 1 aromatic heterocycles. The predicted molar refractivity (Wildman–Crippen MR) is 90.0 cm³/mol. The van der Waals surface area contributed by atoms with E-state index in [2.05, 4.69) is 34.2 Å². The second-order valence-electron chi connectivity index (χ2n) is 6.35. The summed E-state index contributed by atoms with van der Waals surface area (Å²) in [6.07, 6.45) is 6.28. The summed E-state index contributed by atoms with van der Waals surface area (Å²) in [5.41, 5.74) is 1.94. The van der Waals surface area contributed by atoms with E-state index in [1.54, 1.807) is 24.5 Å². The van der Waals surface area contributed by atoms with E-state index in [1.807, 2.05) is 0 Å². The van der Waals surface area contributed by atoms with Crippen molar-refractivity contribution in [2.75, 3.05) is 18.9 Å². The van der Waals surface area contributed by atoms with Crippen LogP contribution in [0.4, 0.5) is 10.2 Å². The summed E-state index contributed by atoms with van der Waals surface area (Å²) in [6, 6.07) is 7.55. The monoisotopic (exact) mass is 314 g/mol. The standard InChI is InChI=1S/C18H23FN4/c1-13-11-16(7-10-23(13)2)22-18-17(20-8-9-21-18)12-14-3-5-15(19)6-4-14/h3-6,8-9,13,16H,7,10-12H2,1-2H3,(H,21,22)/t13-,16+/m1/s1. The van der Waals surface area contributed by atoms with Crippen LogP contribution in [0.15, 0.2) is 36.7 Å². The van der Waals surface area contributed by atoms with Gasteiger partial charge in [0.15, 0.2) is 0 Å². The van der Waals surface area contributed by atoms with E-state index in [9.17, 15) is 4.39 Å². The number of nitrogens with one attached hydrogen (secondary N) is 1. The van der Waals surface area contributed by atoms with Crippen LogP contribution in [-0.2, 0) is 6.42 Å². The third-order valence-electron chi connectivity index (χ3n) is 4.61. The highest BCUT2D eigenvalue weighted by molar-refractivity contribution is 5.43. The van der Waals surface area contributed by atoms with Crippen LogP contribution in [-0.4, -0.2) is 40.5 Å². The fraction of sp³-hybridized carbons (Fsp3) is 0.444. The molecule has 0 bridgehead atoms. The van der Waals surface area contributed by atoms with Crippen LogP contribution in [0.2, 0.25) is 0 Å². The number of hydrogen-bond donors (Lipinski definition) is 1. The molecular weight excluding hydrogens is 291 g/mol. The van der Waals surface area contributed by atoms with Gasteiger partial charge in [-0.2, -0.15) is 0 Å². The van der Waals surface area contributed by atoms with Gasteiger partial charge in [-0.3, -0.25) is 4.98 Å². The first-order valence-corrected chi connectivity index (χ1v) is 8.13. The summed E-state index contributed by atoms with van der Waals surface area (Å²) in [4.78, 5) is 11.3. The molecule has 5 heteroatoms. The molecule has 4 nitrogen and oxygen atoms in total. The molecule has 0 unspecified atom stereocenters. The highest BCUT2D eigenvalue weighted by Crippen LogP contribution is 2.21. The van der Waals surface area contributed by atoms with Crippen LogP contribution in [0.1, 0.15) is 31.0 Å². The summed E-state index contributed by atoms with van der Waals surface area (Å²) < 4.78 is 13.0. The number of likely N-dealkylation sites (tertiary alicyclic amines) is 1. The first-order chi connectivity index (χ1) is 11.1. The van der Waals surface area contributed by atoms with E-state index >= 15 is 0 Å². The Morgan fingerprint density at radius 3 is 2.70 bits per heavy atom. The van der Waals surface area contributed by atoms with Gasteiger partial charge in [0.1, 0.15) is 11.6 Å².